The summed E-state index contributed by atoms with van der Waals surface area (Å²) in [5.74, 6) is 1.14. The first kappa shape index (κ1) is 15.0. The van der Waals surface area contributed by atoms with Crippen LogP contribution in [-0.2, 0) is 4.79 Å². The fourth-order valence-corrected chi connectivity index (χ4v) is 1.36. The van der Waals surface area contributed by atoms with Crippen LogP contribution in [0.4, 0.5) is 0 Å². The quantitative estimate of drug-likeness (QED) is 0.633. The molecule has 0 saturated carbocycles. The van der Waals surface area contributed by atoms with Crippen LogP contribution in [0.1, 0.15) is 32.8 Å². The highest BCUT2D eigenvalue weighted by atomic mass is 16.5. The second kappa shape index (κ2) is 7.41. The highest BCUT2D eigenvalue weighted by Crippen LogP contribution is 2.28. The van der Waals surface area contributed by atoms with Crippen LogP contribution in [0.3, 0.4) is 0 Å². The molecule has 5 nitrogen and oxygen atoms in total. The molecule has 0 bridgehead atoms. The molecule has 1 rings (SSSR count). The van der Waals surface area contributed by atoms with E-state index >= 15 is 0 Å². The Morgan fingerprint density at radius 2 is 2.21 bits per heavy atom. The van der Waals surface area contributed by atoms with Crippen LogP contribution in [-0.4, -0.2) is 25.3 Å². The van der Waals surface area contributed by atoms with E-state index in [2.05, 4.69) is 17.5 Å². The maximum absolute atomic E-state index is 10.7. The summed E-state index contributed by atoms with van der Waals surface area (Å²) in [7, 11) is 1.59. The van der Waals surface area contributed by atoms with E-state index in [4.69, 9.17) is 9.47 Å². The Bertz CT molecular complexity index is 458. The summed E-state index contributed by atoms with van der Waals surface area (Å²) in [4.78, 5) is 10.7. The molecule has 5 heteroatoms. The Morgan fingerprint density at radius 3 is 2.79 bits per heavy atom. The van der Waals surface area contributed by atoms with Gasteiger partial charge in [0.2, 0.25) is 5.91 Å². The van der Waals surface area contributed by atoms with E-state index in [1.807, 2.05) is 25.1 Å². The Balaban J connectivity index is 2.83. The van der Waals surface area contributed by atoms with Crippen molar-refractivity contribution in [2.45, 2.75) is 33.3 Å². The number of hydrogen-bond acceptors (Lipinski definition) is 4. The molecule has 104 valence electrons. The lowest BCUT2D eigenvalue weighted by Gasteiger charge is -2.15. The summed E-state index contributed by atoms with van der Waals surface area (Å²) < 4.78 is 11.0. The number of methoxy groups -OCH3 is 1. The fraction of sp³-hybridized carbons (Fsp3) is 0.429. The van der Waals surface area contributed by atoms with E-state index < -0.39 is 0 Å². The number of hydrogen-bond donors (Lipinski definition) is 1. The van der Waals surface area contributed by atoms with Gasteiger partial charge in [-0.1, -0.05) is 6.92 Å². The summed E-state index contributed by atoms with van der Waals surface area (Å²) in [6.45, 7) is 5.47. The first-order chi connectivity index (χ1) is 9.06. The molecule has 1 aromatic carbocycles. The largest absolute Gasteiger partial charge is 0.493 e. The maximum atomic E-state index is 10.7. The topological polar surface area (TPSA) is 59.9 Å². The molecule has 0 aliphatic carbocycles. The highest BCUT2D eigenvalue weighted by Gasteiger charge is 2.08. The van der Waals surface area contributed by atoms with Gasteiger partial charge in [0.1, 0.15) is 0 Å². The number of hydrazone groups is 1. The molecule has 0 fully saturated rings. The highest BCUT2D eigenvalue weighted by molar-refractivity contribution is 5.82. The average molecular weight is 264 g/mol. The summed E-state index contributed by atoms with van der Waals surface area (Å²) in [5.41, 5.74) is 3.17. The van der Waals surface area contributed by atoms with E-state index in [1.54, 1.807) is 13.3 Å². The van der Waals surface area contributed by atoms with E-state index in [1.165, 1.54) is 6.92 Å². The SMILES string of the molecule is CC[C@H](C)Oc1ccc(/C=N\NC(C)=O)cc1OC. The van der Waals surface area contributed by atoms with Gasteiger partial charge in [0.05, 0.1) is 19.4 Å². The minimum absolute atomic E-state index is 0.132. The number of benzene rings is 1. The molecule has 19 heavy (non-hydrogen) atoms. The smallest absolute Gasteiger partial charge is 0.236 e. The number of amides is 1. The zero-order valence-electron chi connectivity index (χ0n) is 11.8. The molecule has 0 aliphatic heterocycles. The van der Waals surface area contributed by atoms with E-state index in [-0.39, 0.29) is 12.0 Å². The molecule has 1 atom stereocenters. The lowest BCUT2D eigenvalue weighted by Crippen LogP contribution is -2.12. The van der Waals surface area contributed by atoms with Crippen molar-refractivity contribution in [3.63, 3.8) is 0 Å². The third-order valence-electron chi connectivity index (χ3n) is 2.53. The first-order valence-corrected chi connectivity index (χ1v) is 6.21. The molecule has 0 unspecified atom stereocenters. The Hall–Kier alpha value is -2.04. The van der Waals surface area contributed by atoms with Gasteiger partial charge in [-0.15, -0.1) is 0 Å². The third-order valence-corrected chi connectivity index (χ3v) is 2.53. The Kier molecular flexibility index (Phi) is 5.85. The molecule has 0 saturated heterocycles. The second-order valence-corrected chi connectivity index (χ2v) is 4.17. The molecule has 0 radical (unpaired) electrons. The lowest BCUT2D eigenvalue weighted by atomic mass is 10.2. The third kappa shape index (κ3) is 4.99. The van der Waals surface area contributed by atoms with Gasteiger partial charge in [0.15, 0.2) is 11.5 Å². The molecule has 1 amide bonds. The number of ether oxygens (including phenoxy) is 2. The molecule has 0 aromatic heterocycles. The van der Waals surface area contributed by atoms with Gasteiger partial charge in [0, 0.05) is 6.92 Å². The molecular weight excluding hydrogens is 244 g/mol. The lowest BCUT2D eigenvalue weighted by molar-refractivity contribution is -0.118. The number of nitrogens with zero attached hydrogens (tertiary/aromatic N) is 1. The van der Waals surface area contributed by atoms with Gasteiger partial charge >= 0.3 is 0 Å². The van der Waals surface area contributed by atoms with Crippen molar-refractivity contribution in [1.29, 1.82) is 0 Å². The predicted octanol–water partition coefficient (Wildman–Crippen LogP) is 2.34. The van der Waals surface area contributed by atoms with Crippen LogP contribution in [0.5, 0.6) is 11.5 Å². The molecule has 1 N–H and O–H groups in total. The normalized spacial score (nSPS) is 12.2. The van der Waals surface area contributed by atoms with Crippen molar-refractivity contribution in [2.24, 2.45) is 5.10 Å². The van der Waals surface area contributed by atoms with Crippen molar-refractivity contribution >= 4 is 12.1 Å². The summed E-state index contributed by atoms with van der Waals surface area (Å²) in [6, 6.07) is 5.49. The van der Waals surface area contributed by atoms with Gasteiger partial charge in [0.25, 0.3) is 0 Å². The van der Waals surface area contributed by atoms with E-state index in [0.29, 0.717) is 11.5 Å². The van der Waals surface area contributed by atoms with Crippen LogP contribution < -0.4 is 14.9 Å². The van der Waals surface area contributed by atoms with Crippen LogP contribution >= 0.6 is 0 Å². The van der Waals surface area contributed by atoms with E-state index in [9.17, 15) is 4.79 Å². The minimum Gasteiger partial charge on any atom is -0.493 e. The standard InChI is InChI=1S/C14H20N2O3/c1-5-10(2)19-13-7-6-12(8-14(13)18-4)9-15-16-11(3)17/h6-10H,5H2,1-4H3,(H,16,17)/b15-9-/t10-/m0/s1. The van der Waals surface area contributed by atoms with Gasteiger partial charge in [-0.25, -0.2) is 5.43 Å². The zero-order chi connectivity index (χ0) is 14.3. The first-order valence-electron chi connectivity index (χ1n) is 6.21. The number of carbonyl (C=O) groups is 1. The van der Waals surface area contributed by atoms with Crippen molar-refractivity contribution in [3.8, 4) is 11.5 Å². The van der Waals surface area contributed by atoms with Gasteiger partial charge in [-0.2, -0.15) is 5.10 Å². The van der Waals surface area contributed by atoms with Crippen LogP contribution in [0, 0.1) is 0 Å². The second-order valence-electron chi connectivity index (χ2n) is 4.17. The minimum atomic E-state index is -0.208. The van der Waals surface area contributed by atoms with E-state index in [0.717, 1.165) is 12.0 Å². The van der Waals surface area contributed by atoms with Gasteiger partial charge in [-0.3, -0.25) is 4.79 Å². The van der Waals surface area contributed by atoms with Crippen LogP contribution in [0.2, 0.25) is 0 Å². The Labute approximate surface area is 113 Å². The zero-order valence-corrected chi connectivity index (χ0v) is 11.8. The maximum Gasteiger partial charge on any atom is 0.236 e. The summed E-state index contributed by atoms with van der Waals surface area (Å²) in [6.07, 6.45) is 2.61. The molecular formula is C14H20N2O3. The van der Waals surface area contributed by atoms with Crippen molar-refractivity contribution in [3.05, 3.63) is 23.8 Å². The monoisotopic (exact) mass is 264 g/mol. The number of nitrogens with one attached hydrogen (secondary N) is 1. The van der Waals surface area contributed by atoms with Gasteiger partial charge in [-0.05, 0) is 37.1 Å². The van der Waals surface area contributed by atoms with Crippen molar-refractivity contribution < 1.29 is 14.3 Å². The Morgan fingerprint density at radius 1 is 1.47 bits per heavy atom. The fourth-order valence-electron chi connectivity index (χ4n) is 1.36. The van der Waals surface area contributed by atoms with Crippen LogP contribution in [0.15, 0.2) is 23.3 Å². The van der Waals surface area contributed by atoms with Crippen molar-refractivity contribution in [2.75, 3.05) is 7.11 Å². The van der Waals surface area contributed by atoms with Crippen LogP contribution in [0.25, 0.3) is 0 Å². The average Bonchev–Trinajstić information content (AvgIpc) is 2.39. The summed E-state index contributed by atoms with van der Waals surface area (Å²) in [5, 5.41) is 3.80. The molecule has 0 aliphatic rings. The molecule has 0 spiro atoms. The summed E-state index contributed by atoms with van der Waals surface area (Å²) >= 11 is 0. The molecule has 0 heterocycles. The van der Waals surface area contributed by atoms with Crippen molar-refractivity contribution in [1.82, 2.24) is 5.43 Å². The molecule has 1 aromatic rings. The predicted molar refractivity (Wildman–Crippen MR) is 74.8 cm³/mol. The number of rotatable bonds is 6. The number of carbonyl (C=O) groups excluding carboxylic acids is 1. The van der Waals surface area contributed by atoms with Gasteiger partial charge < -0.3 is 9.47 Å².